The lowest BCUT2D eigenvalue weighted by Crippen LogP contribution is -2.46. The first-order chi connectivity index (χ1) is 10.8. The third-order valence-electron chi connectivity index (χ3n) is 3.96. The summed E-state index contributed by atoms with van der Waals surface area (Å²) in [4.78, 5) is 13.9. The highest BCUT2D eigenvalue weighted by Crippen LogP contribution is 2.35. The standard InChI is InChI=1S/C14H21N5O3S/c1-5-17-7-10(2)12(16-23(4,20)21)13-14(17)19-9-18(22-3)8-11(19)6-15-13/h6-8,12,16H,5,9H2,1-4H3. The Hall–Kier alpha value is -1.84. The number of nitrogens with one attached hydrogen (secondary N) is 1. The van der Waals surface area contributed by atoms with Crippen LogP contribution in [-0.2, 0) is 14.9 Å². The number of fused-ring (bicyclic) bond motifs is 2. The minimum Gasteiger partial charge on any atom is -0.333 e. The van der Waals surface area contributed by atoms with E-state index in [4.69, 9.17) is 4.84 Å². The summed E-state index contributed by atoms with van der Waals surface area (Å²) in [7, 11) is -1.75. The van der Waals surface area contributed by atoms with Crippen molar-refractivity contribution < 1.29 is 13.3 Å². The first-order valence-electron chi connectivity index (χ1n) is 7.34. The van der Waals surface area contributed by atoms with Crippen molar-refractivity contribution in [3.8, 4) is 0 Å². The number of rotatable bonds is 4. The normalized spacial score (nSPS) is 23.8. The number of aliphatic imine (C=N–C) groups is 1. The van der Waals surface area contributed by atoms with Crippen molar-refractivity contribution in [1.29, 1.82) is 0 Å². The molecule has 3 aliphatic heterocycles. The maximum atomic E-state index is 11.7. The van der Waals surface area contributed by atoms with Crippen LogP contribution in [-0.4, -0.2) is 62.1 Å². The van der Waals surface area contributed by atoms with E-state index in [9.17, 15) is 8.42 Å². The van der Waals surface area contributed by atoms with E-state index in [1.54, 1.807) is 18.4 Å². The van der Waals surface area contributed by atoms with Crippen molar-refractivity contribution >= 4 is 16.2 Å². The van der Waals surface area contributed by atoms with Gasteiger partial charge in [-0.3, -0.25) is 9.83 Å². The lowest BCUT2D eigenvalue weighted by atomic mass is 10.0. The highest BCUT2D eigenvalue weighted by Gasteiger charge is 2.37. The predicted molar refractivity (Wildman–Crippen MR) is 87.1 cm³/mol. The molecule has 0 aromatic carbocycles. The molecule has 3 heterocycles. The lowest BCUT2D eigenvalue weighted by molar-refractivity contribution is -0.0967. The molecule has 0 bridgehead atoms. The van der Waals surface area contributed by atoms with Crippen LogP contribution in [0.25, 0.3) is 0 Å². The average Bonchev–Trinajstić information content (AvgIpc) is 2.91. The smallest absolute Gasteiger partial charge is 0.209 e. The predicted octanol–water partition coefficient (Wildman–Crippen LogP) is 0.375. The molecule has 23 heavy (non-hydrogen) atoms. The Morgan fingerprint density at radius 1 is 1.43 bits per heavy atom. The van der Waals surface area contributed by atoms with Gasteiger partial charge >= 0.3 is 0 Å². The minimum atomic E-state index is -3.35. The van der Waals surface area contributed by atoms with E-state index in [1.165, 1.54) is 0 Å². The van der Waals surface area contributed by atoms with Gasteiger partial charge in [-0.1, -0.05) is 0 Å². The first-order valence-corrected chi connectivity index (χ1v) is 9.23. The summed E-state index contributed by atoms with van der Waals surface area (Å²) < 4.78 is 26.1. The molecular weight excluding hydrogens is 318 g/mol. The summed E-state index contributed by atoms with van der Waals surface area (Å²) in [5.74, 6) is 0.882. The van der Waals surface area contributed by atoms with Crippen LogP contribution in [0.3, 0.4) is 0 Å². The van der Waals surface area contributed by atoms with Crippen LogP contribution >= 0.6 is 0 Å². The molecule has 9 heteroatoms. The van der Waals surface area contributed by atoms with Gasteiger partial charge in [-0.25, -0.2) is 18.2 Å². The number of hydrogen-bond donors (Lipinski definition) is 1. The van der Waals surface area contributed by atoms with Crippen LogP contribution in [0.2, 0.25) is 0 Å². The summed E-state index contributed by atoms with van der Waals surface area (Å²) in [6.07, 6.45) is 6.73. The average molecular weight is 339 g/mol. The topological polar surface area (TPSA) is 77.5 Å². The third-order valence-corrected chi connectivity index (χ3v) is 4.62. The molecule has 3 aliphatic rings. The van der Waals surface area contributed by atoms with Crippen LogP contribution in [0.4, 0.5) is 0 Å². The van der Waals surface area contributed by atoms with Crippen LogP contribution in [0, 0.1) is 0 Å². The molecule has 0 aromatic heterocycles. The van der Waals surface area contributed by atoms with E-state index in [0.717, 1.165) is 29.9 Å². The molecule has 0 saturated carbocycles. The molecule has 0 amide bonds. The van der Waals surface area contributed by atoms with Gasteiger partial charge < -0.3 is 9.80 Å². The number of hydroxylamine groups is 2. The number of sulfonamides is 1. The van der Waals surface area contributed by atoms with Gasteiger partial charge in [0.05, 0.1) is 37.5 Å². The summed E-state index contributed by atoms with van der Waals surface area (Å²) >= 11 is 0. The monoisotopic (exact) mass is 339 g/mol. The molecule has 1 N–H and O–H groups in total. The number of hydrogen-bond acceptors (Lipinski definition) is 7. The summed E-state index contributed by atoms with van der Waals surface area (Å²) in [5.41, 5.74) is 2.52. The Labute approximate surface area is 136 Å². The molecule has 0 aliphatic carbocycles. The van der Waals surface area contributed by atoms with E-state index < -0.39 is 16.1 Å². The molecule has 8 nitrogen and oxygen atoms in total. The molecule has 3 rings (SSSR count). The minimum absolute atomic E-state index is 0.461. The molecule has 126 valence electrons. The molecule has 0 fully saturated rings. The van der Waals surface area contributed by atoms with E-state index in [2.05, 4.69) is 19.5 Å². The van der Waals surface area contributed by atoms with Gasteiger partial charge in [-0.15, -0.1) is 0 Å². The Kier molecular flexibility index (Phi) is 3.95. The van der Waals surface area contributed by atoms with Crippen LogP contribution < -0.4 is 4.72 Å². The molecule has 0 radical (unpaired) electrons. The second-order valence-corrected chi connectivity index (χ2v) is 7.45. The Morgan fingerprint density at radius 3 is 2.78 bits per heavy atom. The second kappa shape index (κ2) is 5.66. The van der Waals surface area contributed by atoms with E-state index in [1.807, 2.05) is 26.2 Å². The van der Waals surface area contributed by atoms with Crippen molar-refractivity contribution in [3.05, 3.63) is 35.2 Å². The quantitative estimate of drug-likeness (QED) is 0.798. The molecule has 1 atom stereocenters. The first kappa shape index (κ1) is 16.0. The fourth-order valence-corrected chi connectivity index (χ4v) is 3.65. The third kappa shape index (κ3) is 2.87. The molecule has 1 unspecified atom stereocenters. The summed E-state index contributed by atoms with van der Waals surface area (Å²) in [5, 5.41) is 1.70. The number of allylic oxidation sites excluding steroid dienone is 1. The van der Waals surface area contributed by atoms with Crippen LogP contribution in [0.5, 0.6) is 0 Å². The largest absolute Gasteiger partial charge is 0.333 e. The summed E-state index contributed by atoms with van der Waals surface area (Å²) in [6, 6.07) is -0.461. The molecular formula is C14H21N5O3S. The number of nitrogens with zero attached hydrogens (tertiary/aromatic N) is 4. The van der Waals surface area contributed by atoms with Crippen LogP contribution in [0.15, 0.2) is 40.2 Å². The van der Waals surface area contributed by atoms with Gasteiger partial charge in [0.25, 0.3) is 0 Å². The highest BCUT2D eigenvalue weighted by molar-refractivity contribution is 7.88. The van der Waals surface area contributed by atoms with Crippen molar-refractivity contribution in [2.45, 2.75) is 19.9 Å². The maximum Gasteiger partial charge on any atom is 0.209 e. The fourth-order valence-electron chi connectivity index (χ4n) is 2.92. The Morgan fingerprint density at radius 2 is 2.17 bits per heavy atom. The van der Waals surface area contributed by atoms with E-state index in [0.29, 0.717) is 12.4 Å². The van der Waals surface area contributed by atoms with Crippen molar-refractivity contribution in [2.75, 3.05) is 26.6 Å². The Bertz CT molecular complexity index is 738. The van der Waals surface area contributed by atoms with Crippen LogP contribution in [0.1, 0.15) is 13.8 Å². The van der Waals surface area contributed by atoms with E-state index in [-0.39, 0.29) is 0 Å². The van der Waals surface area contributed by atoms with Gasteiger partial charge in [0.1, 0.15) is 18.2 Å². The molecule has 0 spiro atoms. The second-order valence-electron chi connectivity index (χ2n) is 5.67. The summed E-state index contributed by atoms with van der Waals surface area (Å²) in [6.45, 7) is 5.24. The van der Waals surface area contributed by atoms with Gasteiger partial charge in [0, 0.05) is 12.7 Å². The molecule has 0 saturated heterocycles. The highest BCUT2D eigenvalue weighted by atomic mass is 32.2. The van der Waals surface area contributed by atoms with Gasteiger partial charge in [0.15, 0.2) is 0 Å². The molecule has 0 aromatic rings. The van der Waals surface area contributed by atoms with Gasteiger partial charge in [-0.05, 0) is 19.4 Å². The van der Waals surface area contributed by atoms with E-state index >= 15 is 0 Å². The lowest BCUT2D eigenvalue weighted by Gasteiger charge is -2.40. The van der Waals surface area contributed by atoms with Crippen molar-refractivity contribution in [1.82, 2.24) is 19.6 Å². The zero-order valence-electron chi connectivity index (χ0n) is 13.6. The van der Waals surface area contributed by atoms with Gasteiger partial charge in [-0.2, -0.15) is 0 Å². The SMILES string of the molecule is CCN1C=C(C)C(NS(C)(=O)=O)C2=C1N1CN(OC)C=C1C=N2. The zero-order chi connectivity index (χ0) is 16.8. The maximum absolute atomic E-state index is 11.7. The zero-order valence-corrected chi connectivity index (χ0v) is 14.5. The fraction of sp³-hybridized carbons (Fsp3) is 0.500. The van der Waals surface area contributed by atoms with Crippen molar-refractivity contribution in [2.24, 2.45) is 4.99 Å². The Balaban J connectivity index is 2.04. The van der Waals surface area contributed by atoms with Crippen molar-refractivity contribution in [3.63, 3.8) is 0 Å². The van der Waals surface area contributed by atoms with Gasteiger partial charge in [0.2, 0.25) is 10.0 Å².